The van der Waals surface area contributed by atoms with Gasteiger partial charge in [-0.2, -0.15) is 5.10 Å². The van der Waals surface area contributed by atoms with Gasteiger partial charge in [0, 0.05) is 57.3 Å². The van der Waals surface area contributed by atoms with Gasteiger partial charge in [0.25, 0.3) is 0 Å². The molecule has 0 fully saturated rings. The molecule has 0 amide bonds. The summed E-state index contributed by atoms with van der Waals surface area (Å²) < 4.78 is 9.47. The molecule has 0 atom stereocenters. The van der Waals surface area contributed by atoms with E-state index in [9.17, 15) is 0 Å². The lowest BCUT2D eigenvalue weighted by molar-refractivity contribution is 0.138. The van der Waals surface area contributed by atoms with Crippen molar-refractivity contribution in [3.8, 4) is 0 Å². The predicted molar refractivity (Wildman–Crippen MR) is 91.3 cm³/mol. The smallest absolute Gasteiger partial charge is 0.0951 e. The minimum Gasteiger partial charge on any atom is -0.383 e. The molecule has 0 bridgehead atoms. The Kier molecular flexibility index (Phi) is 5.96. The fraction of sp³-hybridized carbons (Fsp3) is 0.647. The molecule has 0 aliphatic carbocycles. The van der Waals surface area contributed by atoms with E-state index in [-0.39, 0.29) is 0 Å². The van der Waals surface area contributed by atoms with Crippen molar-refractivity contribution in [2.24, 2.45) is 7.05 Å². The Labute approximate surface area is 139 Å². The first kappa shape index (κ1) is 17.7. The molecule has 0 aliphatic heterocycles. The maximum absolute atomic E-state index is 5.29. The molecule has 0 aromatic carbocycles. The predicted octanol–water partition coefficient (Wildman–Crippen LogP) is 2.46. The van der Waals surface area contributed by atoms with Gasteiger partial charge < -0.3 is 9.30 Å². The third-order valence-corrected chi connectivity index (χ3v) is 4.34. The fourth-order valence-electron chi connectivity index (χ4n) is 2.85. The van der Waals surface area contributed by atoms with Crippen LogP contribution < -0.4 is 0 Å². The number of methoxy groups -OCH3 is 1. The first-order chi connectivity index (χ1) is 10.9. The van der Waals surface area contributed by atoms with Crippen LogP contribution in [0, 0.1) is 13.8 Å². The summed E-state index contributed by atoms with van der Waals surface area (Å²) >= 11 is 0. The van der Waals surface area contributed by atoms with Crippen LogP contribution in [0.25, 0.3) is 0 Å². The number of hydrogen-bond acceptors (Lipinski definition) is 4. The molecule has 0 aliphatic rings. The van der Waals surface area contributed by atoms with E-state index in [1.54, 1.807) is 7.11 Å². The van der Waals surface area contributed by atoms with Crippen LogP contribution in [0.5, 0.6) is 0 Å². The maximum atomic E-state index is 5.29. The molecule has 2 heterocycles. The number of ether oxygens (including phenoxy) is 1. The van der Waals surface area contributed by atoms with E-state index in [0.29, 0.717) is 12.6 Å². The molecule has 6 heteroatoms. The second kappa shape index (κ2) is 7.75. The van der Waals surface area contributed by atoms with Gasteiger partial charge in [-0.3, -0.25) is 9.58 Å². The van der Waals surface area contributed by atoms with E-state index < -0.39 is 0 Å². The number of aromatic nitrogens is 4. The van der Waals surface area contributed by atoms with E-state index in [4.69, 9.17) is 4.74 Å². The molecule has 0 radical (unpaired) electrons. The molecule has 23 heavy (non-hydrogen) atoms. The van der Waals surface area contributed by atoms with E-state index in [1.807, 2.05) is 24.3 Å². The molecule has 2 rings (SSSR count). The zero-order valence-corrected chi connectivity index (χ0v) is 15.2. The third-order valence-electron chi connectivity index (χ3n) is 4.34. The molecular weight excluding hydrogens is 290 g/mol. The summed E-state index contributed by atoms with van der Waals surface area (Å²) in [6.45, 7) is 11.9. The van der Waals surface area contributed by atoms with Crippen LogP contribution in [0.3, 0.4) is 0 Å². The van der Waals surface area contributed by atoms with Crippen LogP contribution >= 0.6 is 0 Å². The van der Waals surface area contributed by atoms with Gasteiger partial charge in [-0.15, -0.1) is 0 Å². The van der Waals surface area contributed by atoms with Crippen molar-refractivity contribution in [3.63, 3.8) is 0 Å². The summed E-state index contributed by atoms with van der Waals surface area (Å²) in [7, 11) is 3.75. The van der Waals surface area contributed by atoms with Gasteiger partial charge in [0.15, 0.2) is 0 Å². The average Bonchev–Trinajstić information content (AvgIpc) is 3.05. The molecule has 0 unspecified atom stereocenters. The van der Waals surface area contributed by atoms with Crippen molar-refractivity contribution in [2.45, 2.75) is 46.8 Å². The van der Waals surface area contributed by atoms with Crippen molar-refractivity contribution in [3.05, 3.63) is 35.2 Å². The first-order valence-electron chi connectivity index (χ1n) is 8.15. The first-order valence-corrected chi connectivity index (χ1v) is 8.15. The van der Waals surface area contributed by atoms with E-state index >= 15 is 0 Å². The number of rotatable bonds is 8. The minimum atomic E-state index is 0.415. The topological polar surface area (TPSA) is 48.1 Å². The molecule has 2 aromatic rings. The monoisotopic (exact) mass is 319 g/mol. The maximum Gasteiger partial charge on any atom is 0.0951 e. The molecule has 0 N–H and O–H groups in total. The van der Waals surface area contributed by atoms with Gasteiger partial charge in [0.05, 0.1) is 24.3 Å². The van der Waals surface area contributed by atoms with Crippen LogP contribution in [0.4, 0.5) is 0 Å². The van der Waals surface area contributed by atoms with Crippen molar-refractivity contribution in [1.29, 1.82) is 0 Å². The van der Waals surface area contributed by atoms with Crippen molar-refractivity contribution in [2.75, 3.05) is 20.3 Å². The molecule has 128 valence electrons. The Morgan fingerprint density at radius 2 is 2.00 bits per heavy atom. The highest BCUT2D eigenvalue weighted by Gasteiger charge is 2.16. The fourth-order valence-corrected chi connectivity index (χ4v) is 2.85. The standard InChI is InChI=1S/C17H29N5O/c1-13(2)22-12-18-9-16(22)10-21(7-8-23-6)11-17-14(3)19-20(5)15(17)4/h9,12-13H,7-8,10-11H2,1-6H3. The summed E-state index contributed by atoms with van der Waals surface area (Å²) in [6.07, 6.45) is 3.87. The Balaban J connectivity index is 2.18. The lowest BCUT2D eigenvalue weighted by Gasteiger charge is -2.23. The number of aryl methyl sites for hydroxylation is 2. The summed E-state index contributed by atoms with van der Waals surface area (Å²) in [6, 6.07) is 0.415. The second-order valence-corrected chi connectivity index (χ2v) is 6.36. The van der Waals surface area contributed by atoms with E-state index in [0.717, 1.165) is 25.3 Å². The average molecular weight is 319 g/mol. The third kappa shape index (κ3) is 4.20. The summed E-state index contributed by atoms with van der Waals surface area (Å²) in [5.74, 6) is 0. The summed E-state index contributed by atoms with van der Waals surface area (Å²) in [5, 5.41) is 4.53. The zero-order chi connectivity index (χ0) is 17.0. The molecular formula is C17H29N5O. The molecule has 6 nitrogen and oxygen atoms in total. The Hall–Kier alpha value is -1.66. The summed E-state index contributed by atoms with van der Waals surface area (Å²) in [4.78, 5) is 6.71. The van der Waals surface area contributed by atoms with Gasteiger partial charge in [-0.05, 0) is 27.7 Å². The highest BCUT2D eigenvalue weighted by atomic mass is 16.5. The van der Waals surface area contributed by atoms with Crippen molar-refractivity contribution in [1.82, 2.24) is 24.2 Å². The lowest BCUT2D eigenvalue weighted by Crippen LogP contribution is -2.28. The molecule has 2 aromatic heterocycles. The number of hydrogen-bond donors (Lipinski definition) is 0. The number of nitrogens with zero attached hydrogens (tertiary/aromatic N) is 5. The van der Waals surface area contributed by atoms with Crippen LogP contribution in [0.2, 0.25) is 0 Å². The van der Waals surface area contributed by atoms with Gasteiger partial charge in [0.2, 0.25) is 0 Å². The normalized spacial score (nSPS) is 11.8. The van der Waals surface area contributed by atoms with E-state index in [2.05, 4.69) is 47.2 Å². The van der Waals surface area contributed by atoms with Crippen LogP contribution in [-0.4, -0.2) is 44.5 Å². The lowest BCUT2D eigenvalue weighted by atomic mass is 10.2. The Bertz CT molecular complexity index is 629. The SMILES string of the molecule is COCCN(Cc1c(C)nn(C)c1C)Cc1cncn1C(C)C. The van der Waals surface area contributed by atoms with Gasteiger partial charge in [-0.25, -0.2) is 4.98 Å². The quantitative estimate of drug-likeness (QED) is 0.750. The highest BCUT2D eigenvalue weighted by Crippen LogP contribution is 2.17. The molecule has 0 saturated carbocycles. The Morgan fingerprint density at radius 3 is 2.57 bits per heavy atom. The number of imidazole rings is 1. The van der Waals surface area contributed by atoms with Crippen LogP contribution in [-0.2, 0) is 24.9 Å². The van der Waals surface area contributed by atoms with Crippen LogP contribution in [0.15, 0.2) is 12.5 Å². The van der Waals surface area contributed by atoms with Crippen molar-refractivity contribution >= 4 is 0 Å². The molecule has 0 saturated heterocycles. The van der Waals surface area contributed by atoms with Crippen molar-refractivity contribution < 1.29 is 4.74 Å². The van der Waals surface area contributed by atoms with Crippen LogP contribution in [0.1, 0.15) is 42.5 Å². The largest absolute Gasteiger partial charge is 0.383 e. The zero-order valence-electron chi connectivity index (χ0n) is 15.2. The van der Waals surface area contributed by atoms with Gasteiger partial charge >= 0.3 is 0 Å². The Morgan fingerprint density at radius 1 is 1.26 bits per heavy atom. The highest BCUT2D eigenvalue weighted by molar-refractivity contribution is 5.24. The van der Waals surface area contributed by atoms with Gasteiger partial charge in [-0.1, -0.05) is 0 Å². The second-order valence-electron chi connectivity index (χ2n) is 6.36. The summed E-state index contributed by atoms with van der Waals surface area (Å²) in [5.41, 5.74) is 4.86. The van der Waals surface area contributed by atoms with Gasteiger partial charge in [0.1, 0.15) is 0 Å². The van der Waals surface area contributed by atoms with E-state index in [1.165, 1.54) is 17.0 Å². The minimum absolute atomic E-state index is 0.415. The molecule has 0 spiro atoms.